The molecule has 0 radical (unpaired) electrons. The third-order valence-electron chi connectivity index (χ3n) is 6.94. The van der Waals surface area contributed by atoms with E-state index in [1.165, 1.54) is 35.9 Å². The lowest BCUT2D eigenvalue weighted by Gasteiger charge is -2.30. The standard InChI is InChI=1S/C31H36F2N6.2C3H8.C2H6/c1-7-8-16-35-31-37-27(24-17-22(14-12-19(24)4)29(34)36-21(6)18(2)3)23-15-13-20(5)39(30(23)38-31)28-25(32)10-9-11-26(28)33;2*1-3-2;1-2/h9-15,17-18,21H,5,7-8,16H2,1-4,6H3,(H2,34,36)(H,35,37,38);2*3H2,1-2H3;1-2H3. The van der Waals surface area contributed by atoms with Crippen molar-refractivity contribution >= 4 is 29.4 Å². The van der Waals surface area contributed by atoms with Crippen molar-refractivity contribution < 1.29 is 8.78 Å². The predicted octanol–water partition coefficient (Wildman–Crippen LogP) is 11.2. The molecule has 3 aromatic rings. The molecule has 1 aliphatic rings. The van der Waals surface area contributed by atoms with E-state index in [9.17, 15) is 0 Å². The first-order valence-corrected chi connectivity index (χ1v) is 17.2. The number of amidine groups is 1. The molecule has 0 spiro atoms. The van der Waals surface area contributed by atoms with Crippen molar-refractivity contribution in [1.29, 1.82) is 0 Å². The second kappa shape index (κ2) is 20.9. The number of allylic oxidation sites excluding steroid dienone is 1. The van der Waals surface area contributed by atoms with E-state index >= 15 is 8.78 Å². The zero-order valence-electron chi connectivity index (χ0n) is 30.6. The lowest BCUT2D eigenvalue weighted by atomic mass is 9.96. The molecule has 6 nitrogen and oxygen atoms in total. The van der Waals surface area contributed by atoms with Gasteiger partial charge >= 0.3 is 0 Å². The van der Waals surface area contributed by atoms with Gasteiger partial charge < -0.3 is 11.1 Å². The number of nitrogens with two attached hydrogens (primary N) is 1. The van der Waals surface area contributed by atoms with Gasteiger partial charge in [-0.1, -0.05) is 106 Å². The van der Waals surface area contributed by atoms with Crippen LogP contribution >= 0.6 is 0 Å². The van der Waals surface area contributed by atoms with E-state index in [0.29, 0.717) is 47.0 Å². The van der Waals surface area contributed by atoms with Crippen LogP contribution in [0.3, 0.4) is 0 Å². The van der Waals surface area contributed by atoms with Gasteiger partial charge in [-0.25, -0.2) is 13.8 Å². The highest BCUT2D eigenvalue weighted by Gasteiger charge is 2.29. The van der Waals surface area contributed by atoms with Crippen LogP contribution in [0.1, 0.15) is 112 Å². The fraction of sp³-hybridized carbons (Fsp3) is 0.462. The molecule has 3 N–H and O–H groups in total. The first-order chi connectivity index (χ1) is 22.4. The Morgan fingerprint density at radius 3 is 2.11 bits per heavy atom. The number of hydrogen-bond acceptors (Lipinski definition) is 5. The highest BCUT2D eigenvalue weighted by molar-refractivity contribution is 5.99. The molecule has 1 unspecified atom stereocenters. The Kier molecular flexibility index (Phi) is 18.2. The summed E-state index contributed by atoms with van der Waals surface area (Å²) in [5, 5.41) is 3.28. The van der Waals surface area contributed by atoms with E-state index in [-0.39, 0.29) is 11.7 Å². The maximum absolute atomic E-state index is 15.0. The van der Waals surface area contributed by atoms with Gasteiger partial charge in [-0.2, -0.15) is 4.98 Å². The number of unbranched alkanes of at least 4 members (excludes halogenated alkanes) is 1. The topological polar surface area (TPSA) is 79.4 Å². The summed E-state index contributed by atoms with van der Waals surface area (Å²) in [7, 11) is 0. The van der Waals surface area contributed by atoms with Gasteiger partial charge in [0.25, 0.3) is 0 Å². The van der Waals surface area contributed by atoms with E-state index < -0.39 is 11.6 Å². The second-order valence-corrected chi connectivity index (χ2v) is 11.6. The molecule has 258 valence electrons. The third kappa shape index (κ3) is 11.3. The molecule has 8 heteroatoms. The fourth-order valence-corrected chi connectivity index (χ4v) is 4.26. The maximum Gasteiger partial charge on any atom is 0.225 e. The number of nitrogens with one attached hydrogen (secondary N) is 1. The molecule has 0 saturated carbocycles. The smallest absolute Gasteiger partial charge is 0.225 e. The molecule has 2 aromatic carbocycles. The van der Waals surface area contributed by atoms with Crippen LogP contribution in [-0.2, 0) is 0 Å². The molecular weight excluding hydrogens is 590 g/mol. The number of halogens is 2. The number of nitrogens with zero attached hydrogens (tertiary/aromatic N) is 4. The van der Waals surface area contributed by atoms with Crippen LogP contribution in [0.15, 0.2) is 59.7 Å². The summed E-state index contributed by atoms with van der Waals surface area (Å²) < 4.78 is 30.0. The number of rotatable bonds is 9. The van der Waals surface area contributed by atoms with Gasteiger partial charge in [0.2, 0.25) is 5.95 Å². The number of aliphatic imine (C=N–C) groups is 1. The molecule has 0 saturated heterocycles. The summed E-state index contributed by atoms with van der Waals surface area (Å²) >= 11 is 0. The molecule has 2 heterocycles. The molecule has 47 heavy (non-hydrogen) atoms. The number of anilines is 3. The van der Waals surface area contributed by atoms with E-state index in [1.807, 2.05) is 52.0 Å². The molecule has 1 atom stereocenters. The van der Waals surface area contributed by atoms with Crippen LogP contribution < -0.4 is 16.0 Å². The number of para-hydroxylation sites is 1. The molecule has 1 aromatic heterocycles. The van der Waals surface area contributed by atoms with Crippen LogP contribution in [0.5, 0.6) is 0 Å². The van der Waals surface area contributed by atoms with Crippen molar-refractivity contribution in [3.05, 3.63) is 83.1 Å². The first-order valence-electron chi connectivity index (χ1n) is 17.2. The van der Waals surface area contributed by atoms with Crippen LogP contribution in [0, 0.1) is 24.5 Å². The van der Waals surface area contributed by atoms with Crippen LogP contribution in [-0.4, -0.2) is 28.4 Å². The van der Waals surface area contributed by atoms with Gasteiger partial charge in [0.15, 0.2) is 5.82 Å². The first kappa shape index (κ1) is 41.0. The van der Waals surface area contributed by atoms with Crippen molar-refractivity contribution in [3.8, 4) is 11.3 Å². The van der Waals surface area contributed by atoms with Crippen molar-refractivity contribution in [3.63, 3.8) is 0 Å². The molecular formula is C39H58F2N6. The summed E-state index contributed by atoms with van der Waals surface area (Å²) in [4.78, 5) is 15.7. The van der Waals surface area contributed by atoms with E-state index in [4.69, 9.17) is 15.7 Å². The van der Waals surface area contributed by atoms with Gasteiger partial charge in [-0.3, -0.25) is 9.89 Å². The number of fused-ring (bicyclic) bond motifs is 1. The minimum absolute atomic E-state index is 0.0640. The maximum atomic E-state index is 15.0. The van der Waals surface area contributed by atoms with E-state index in [0.717, 1.165) is 29.5 Å². The molecule has 0 bridgehead atoms. The number of hydrogen-bond donors (Lipinski definition) is 2. The average Bonchev–Trinajstić information content (AvgIpc) is 3.03. The Morgan fingerprint density at radius 2 is 1.55 bits per heavy atom. The Hall–Kier alpha value is -4.07. The summed E-state index contributed by atoms with van der Waals surface area (Å²) in [6.07, 6.45) is 7.96. The largest absolute Gasteiger partial charge is 0.383 e. The predicted molar refractivity (Wildman–Crippen MR) is 201 cm³/mol. The minimum atomic E-state index is -0.709. The van der Waals surface area contributed by atoms with Gasteiger partial charge in [0.1, 0.15) is 23.2 Å². The summed E-state index contributed by atoms with van der Waals surface area (Å²) in [5.41, 5.74) is 10.4. The van der Waals surface area contributed by atoms with Crippen LogP contribution in [0.2, 0.25) is 0 Å². The molecule has 4 rings (SSSR count). The quantitative estimate of drug-likeness (QED) is 0.137. The van der Waals surface area contributed by atoms with Gasteiger partial charge in [0.05, 0.1) is 11.7 Å². The third-order valence-corrected chi connectivity index (χ3v) is 6.94. The van der Waals surface area contributed by atoms with Crippen molar-refractivity contribution in [2.24, 2.45) is 16.6 Å². The van der Waals surface area contributed by atoms with E-state index in [1.54, 1.807) is 6.08 Å². The molecule has 1 aliphatic heterocycles. The summed E-state index contributed by atoms with van der Waals surface area (Å²) in [5.74, 6) is 0.0824. The lowest BCUT2D eigenvalue weighted by molar-refractivity contribution is 0.531. The second-order valence-electron chi connectivity index (χ2n) is 11.6. The lowest BCUT2D eigenvalue weighted by Crippen LogP contribution is -2.23. The van der Waals surface area contributed by atoms with Gasteiger partial charge in [-0.15, -0.1) is 0 Å². The van der Waals surface area contributed by atoms with Gasteiger partial charge in [0, 0.05) is 28.9 Å². The normalized spacial score (nSPS) is 12.6. The Morgan fingerprint density at radius 1 is 0.957 bits per heavy atom. The Balaban J connectivity index is 0.00000126. The fourth-order valence-electron chi connectivity index (χ4n) is 4.26. The SMILES string of the molecule is C=C1C=Cc2c(-c3cc(C(N)=NC(C)C(C)C)ccc3C)nc(NCCCC)nc2N1c1c(F)cccc1F.CC.CCC.CCC. The number of benzene rings is 2. The molecule has 0 aliphatic carbocycles. The summed E-state index contributed by atoms with van der Waals surface area (Å²) in [6, 6.07) is 9.73. The number of aromatic nitrogens is 2. The highest BCUT2D eigenvalue weighted by atomic mass is 19.1. The highest BCUT2D eigenvalue weighted by Crippen LogP contribution is 2.42. The molecule has 0 amide bonds. The van der Waals surface area contributed by atoms with Crippen molar-refractivity contribution in [1.82, 2.24) is 9.97 Å². The van der Waals surface area contributed by atoms with Crippen molar-refractivity contribution in [2.45, 2.75) is 108 Å². The monoisotopic (exact) mass is 648 g/mol. The zero-order chi connectivity index (χ0) is 35.7. The Bertz CT molecular complexity index is 1460. The van der Waals surface area contributed by atoms with Crippen molar-refractivity contribution in [2.75, 3.05) is 16.8 Å². The van der Waals surface area contributed by atoms with E-state index in [2.05, 4.69) is 65.4 Å². The average molecular weight is 649 g/mol. The minimum Gasteiger partial charge on any atom is -0.383 e. The summed E-state index contributed by atoms with van der Waals surface area (Å²) in [6.45, 7) is 27.5. The van der Waals surface area contributed by atoms with Crippen LogP contribution in [0.25, 0.3) is 17.3 Å². The Labute approximate surface area is 283 Å². The zero-order valence-corrected chi connectivity index (χ0v) is 30.6. The number of aryl methyl sites for hydroxylation is 1. The van der Waals surface area contributed by atoms with Crippen LogP contribution in [0.4, 0.5) is 26.2 Å². The molecule has 0 fully saturated rings. The van der Waals surface area contributed by atoms with Gasteiger partial charge in [-0.05, 0) is 62.1 Å².